The van der Waals surface area contributed by atoms with E-state index in [9.17, 15) is 0 Å². The molecule has 1 N–H and O–H groups in total. The van der Waals surface area contributed by atoms with E-state index in [1.807, 2.05) is 0 Å². The van der Waals surface area contributed by atoms with E-state index >= 15 is 0 Å². The number of nitrogens with one attached hydrogen (secondary N) is 1. The van der Waals surface area contributed by atoms with Gasteiger partial charge in [-0.3, -0.25) is 4.99 Å². The van der Waals surface area contributed by atoms with Crippen molar-refractivity contribution < 1.29 is 9.47 Å². The number of hydrogen-bond donors (Lipinski definition) is 1. The van der Waals surface area contributed by atoms with Gasteiger partial charge in [0, 0.05) is 51.4 Å². The molecule has 0 saturated carbocycles. The Kier molecular flexibility index (Phi) is 9.83. The number of nitrogens with zero attached hydrogens (tertiary/aromatic N) is 2. The van der Waals surface area contributed by atoms with Gasteiger partial charge in [-0.25, -0.2) is 0 Å². The second kappa shape index (κ2) is 11.9. The summed E-state index contributed by atoms with van der Waals surface area (Å²) in [7, 11) is 2.08. The third-order valence-electron chi connectivity index (χ3n) is 4.12. The van der Waals surface area contributed by atoms with Crippen molar-refractivity contribution in [1.82, 2.24) is 10.2 Å². The van der Waals surface area contributed by atoms with Gasteiger partial charge in [-0.1, -0.05) is 0 Å². The molecule has 5 nitrogen and oxygen atoms in total. The maximum Gasteiger partial charge on any atom is 0.193 e. The molecule has 2 heterocycles. The lowest BCUT2D eigenvalue weighted by atomic mass is 10.0. The third kappa shape index (κ3) is 8.07. The molecule has 0 unspecified atom stereocenters. The normalized spacial score (nSPS) is 16.2. The van der Waals surface area contributed by atoms with Gasteiger partial charge >= 0.3 is 0 Å². The summed E-state index contributed by atoms with van der Waals surface area (Å²) in [4.78, 5) is 8.22. The van der Waals surface area contributed by atoms with Gasteiger partial charge in [0.25, 0.3) is 0 Å². The van der Waals surface area contributed by atoms with E-state index in [1.54, 1.807) is 11.3 Å². The SMILES string of the molecule is CCNC(=NCCCOCC1CCOCC1)N(C)Cc1ccc(Br)s1. The van der Waals surface area contributed by atoms with Gasteiger partial charge in [0.1, 0.15) is 0 Å². The molecular formula is C18H30BrN3O2S. The molecule has 1 saturated heterocycles. The van der Waals surface area contributed by atoms with Crippen LogP contribution in [0.1, 0.15) is 31.1 Å². The van der Waals surface area contributed by atoms with Crippen molar-refractivity contribution in [3.8, 4) is 0 Å². The van der Waals surface area contributed by atoms with Crippen LogP contribution in [0.15, 0.2) is 20.9 Å². The van der Waals surface area contributed by atoms with Gasteiger partial charge < -0.3 is 19.7 Å². The minimum absolute atomic E-state index is 0.672. The Bertz CT molecular complexity index is 518. The highest BCUT2D eigenvalue weighted by molar-refractivity contribution is 9.11. The van der Waals surface area contributed by atoms with Crippen LogP contribution in [0.4, 0.5) is 0 Å². The summed E-state index contributed by atoms with van der Waals surface area (Å²) in [6.45, 7) is 8.04. The average molecular weight is 432 g/mol. The first-order chi connectivity index (χ1) is 12.2. The van der Waals surface area contributed by atoms with Crippen molar-refractivity contribution in [3.05, 3.63) is 20.8 Å². The number of rotatable bonds is 9. The zero-order chi connectivity index (χ0) is 17.9. The Morgan fingerprint density at radius 2 is 2.24 bits per heavy atom. The van der Waals surface area contributed by atoms with Gasteiger partial charge in [-0.05, 0) is 60.2 Å². The van der Waals surface area contributed by atoms with Crippen LogP contribution in [-0.4, -0.2) is 57.4 Å². The molecule has 0 spiro atoms. The molecule has 25 heavy (non-hydrogen) atoms. The lowest BCUT2D eigenvalue weighted by Gasteiger charge is -2.22. The molecular weight excluding hydrogens is 402 g/mol. The number of thiophene rings is 1. The second-order valence-electron chi connectivity index (χ2n) is 6.28. The zero-order valence-electron chi connectivity index (χ0n) is 15.3. The van der Waals surface area contributed by atoms with Crippen LogP contribution in [-0.2, 0) is 16.0 Å². The molecule has 2 rings (SSSR count). The summed E-state index contributed by atoms with van der Waals surface area (Å²) < 4.78 is 12.4. The minimum Gasteiger partial charge on any atom is -0.381 e. The molecule has 0 amide bonds. The maximum absolute atomic E-state index is 5.81. The molecule has 1 aliphatic rings. The predicted octanol–water partition coefficient (Wildman–Crippen LogP) is 3.74. The number of halogens is 1. The van der Waals surface area contributed by atoms with Gasteiger partial charge in [0.05, 0.1) is 10.3 Å². The predicted molar refractivity (Wildman–Crippen MR) is 108 cm³/mol. The van der Waals surface area contributed by atoms with Crippen LogP contribution in [0.3, 0.4) is 0 Å². The Labute approximate surface area is 163 Å². The number of guanidine groups is 1. The largest absolute Gasteiger partial charge is 0.381 e. The second-order valence-corrected chi connectivity index (χ2v) is 8.83. The fourth-order valence-corrected chi connectivity index (χ4v) is 4.27. The monoisotopic (exact) mass is 431 g/mol. The van der Waals surface area contributed by atoms with Crippen LogP contribution in [0.5, 0.6) is 0 Å². The van der Waals surface area contributed by atoms with Crippen molar-refractivity contribution in [2.45, 2.75) is 32.7 Å². The van der Waals surface area contributed by atoms with E-state index in [-0.39, 0.29) is 0 Å². The number of ether oxygens (including phenoxy) is 2. The van der Waals surface area contributed by atoms with E-state index in [1.165, 1.54) is 8.66 Å². The molecule has 1 aromatic heterocycles. The quantitative estimate of drug-likeness (QED) is 0.367. The van der Waals surface area contributed by atoms with Gasteiger partial charge in [-0.15, -0.1) is 11.3 Å². The fraction of sp³-hybridized carbons (Fsp3) is 0.722. The summed E-state index contributed by atoms with van der Waals surface area (Å²) in [5.74, 6) is 1.63. The Morgan fingerprint density at radius 3 is 2.92 bits per heavy atom. The van der Waals surface area contributed by atoms with Crippen molar-refractivity contribution >= 4 is 33.2 Å². The van der Waals surface area contributed by atoms with Gasteiger partial charge in [-0.2, -0.15) is 0 Å². The van der Waals surface area contributed by atoms with Crippen molar-refractivity contribution in [1.29, 1.82) is 0 Å². The van der Waals surface area contributed by atoms with Crippen molar-refractivity contribution in [2.24, 2.45) is 10.9 Å². The summed E-state index contributed by atoms with van der Waals surface area (Å²) in [6.07, 6.45) is 3.22. The van der Waals surface area contributed by atoms with E-state index in [0.717, 1.165) is 71.3 Å². The lowest BCUT2D eigenvalue weighted by molar-refractivity contribution is 0.0205. The first kappa shape index (κ1) is 20.7. The zero-order valence-corrected chi connectivity index (χ0v) is 17.7. The molecule has 0 radical (unpaired) electrons. The van der Waals surface area contributed by atoms with Crippen LogP contribution in [0.2, 0.25) is 0 Å². The Hall–Kier alpha value is -0.630. The smallest absolute Gasteiger partial charge is 0.193 e. The summed E-state index contributed by atoms with van der Waals surface area (Å²) in [6, 6.07) is 4.24. The van der Waals surface area contributed by atoms with E-state index in [4.69, 9.17) is 14.5 Å². The third-order valence-corrected chi connectivity index (χ3v) is 5.73. The van der Waals surface area contributed by atoms with E-state index in [2.05, 4.69) is 52.3 Å². The maximum atomic E-state index is 5.81. The van der Waals surface area contributed by atoms with Crippen LogP contribution >= 0.6 is 27.3 Å². The van der Waals surface area contributed by atoms with E-state index in [0.29, 0.717) is 5.92 Å². The van der Waals surface area contributed by atoms with Crippen molar-refractivity contribution in [3.63, 3.8) is 0 Å². The number of aliphatic imine (C=N–C) groups is 1. The van der Waals surface area contributed by atoms with Gasteiger partial charge in [0.2, 0.25) is 0 Å². The Balaban J connectivity index is 1.67. The molecule has 1 aliphatic heterocycles. The fourth-order valence-electron chi connectivity index (χ4n) is 2.73. The molecule has 0 atom stereocenters. The summed E-state index contributed by atoms with van der Waals surface area (Å²) in [5.41, 5.74) is 0. The number of hydrogen-bond acceptors (Lipinski definition) is 4. The molecule has 1 fully saturated rings. The standard InChI is InChI=1S/C18H30BrN3O2S/c1-3-20-18(22(2)13-16-5-6-17(19)25-16)21-9-4-10-24-14-15-7-11-23-12-8-15/h5-6,15H,3-4,7-14H2,1-2H3,(H,20,21). The highest BCUT2D eigenvalue weighted by Gasteiger charge is 2.13. The molecule has 7 heteroatoms. The molecule has 0 aliphatic carbocycles. The first-order valence-electron chi connectivity index (χ1n) is 9.08. The molecule has 0 aromatic carbocycles. The lowest BCUT2D eigenvalue weighted by Crippen LogP contribution is -2.38. The van der Waals surface area contributed by atoms with Crippen LogP contribution in [0.25, 0.3) is 0 Å². The minimum atomic E-state index is 0.672. The molecule has 0 bridgehead atoms. The molecule has 1 aromatic rings. The first-order valence-corrected chi connectivity index (χ1v) is 10.7. The van der Waals surface area contributed by atoms with Crippen molar-refractivity contribution in [2.75, 3.05) is 46.6 Å². The summed E-state index contributed by atoms with van der Waals surface area (Å²) >= 11 is 5.28. The van der Waals surface area contributed by atoms with E-state index < -0.39 is 0 Å². The molecule has 142 valence electrons. The average Bonchev–Trinajstić information content (AvgIpc) is 3.02. The topological polar surface area (TPSA) is 46.1 Å². The Morgan fingerprint density at radius 1 is 1.44 bits per heavy atom. The van der Waals surface area contributed by atoms with Crippen LogP contribution < -0.4 is 5.32 Å². The highest BCUT2D eigenvalue weighted by Crippen LogP contribution is 2.23. The summed E-state index contributed by atoms with van der Waals surface area (Å²) in [5, 5.41) is 3.37. The highest BCUT2D eigenvalue weighted by atomic mass is 79.9. The van der Waals surface area contributed by atoms with Gasteiger partial charge in [0.15, 0.2) is 5.96 Å². The van der Waals surface area contributed by atoms with Crippen LogP contribution in [0, 0.1) is 5.92 Å².